The molecule has 106 valence electrons. The van der Waals surface area contributed by atoms with E-state index in [1.165, 1.54) is 5.56 Å². The van der Waals surface area contributed by atoms with Crippen LogP contribution >= 0.6 is 0 Å². The van der Waals surface area contributed by atoms with Gasteiger partial charge in [-0.1, -0.05) is 25.8 Å². The van der Waals surface area contributed by atoms with Gasteiger partial charge in [0.2, 0.25) is 10.0 Å². The lowest BCUT2D eigenvalue weighted by Gasteiger charge is -2.18. The normalized spacial score (nSPS) is 15.2. The minimum atomic E-state index is -3.35. The molecular weight excluding hydrogens is 260 g/mol. The van der Waals surface area contributed by atoms with E-state index in [-0.39, 0.29) is 0 Å². The zero-order chi connectivity index (χ0) is 13.7. The maximum atomic E-state index is 12.1. The van der Waals surface area contributed by atoms with E-state index in [4.69, 9.17) is 0 Å². The first kappa shape index (κ1) is 14.5. The van der Waals surface area contributed by atoms with Gasteiger partial charge in [-0.25, -0.2) is 13.1 Å². The largest absolute Gasteiger partial charge is 0.312 e. The minimum Gasteiger partial charge on any atom is -0.312 e. The Labute approximate surface area is 115 Å². The molecule has 0 aliphatic carbocycles. The van der Waals surface area contributed by atoms with Gasteiger partial charge >= 0.3 is 0 Å². The molecule has 2 N–H and O–H groups in total. The second-order valence-electron chi connectivity index (χ2n) is 4.96. The summed E-state index contributed by atoms with van der Waals surface area (Å²) in [5.41, 5.74) is 2.35. The molecule has 1 aliphatic rings. The lowest BCUT2D eigenvalue weighted by molar-refractivity contribution is 0.575. The standard InChI is InChI=1S/C14H22N2O2S/c1-2-3-4-8-16-19(17,18)14-6-5-12-7-9-15-11-13(12)10-14/h5-6,10,15-16H,2-4,7-9,11H2,1H3. The molecular formula is C14H22N2O2S. The summed E-state index contributed by atoms with van der Waals surface area (Å²) in [6.07, 6.45) is 4.00. The van der Waals surface area contributed by atoms with Gasteiger partial charge in [-0.2, -0.15) is 0 Å². The van der Waals surface area contributed by atoms with E-state index in [1.54, 1.807) is 12.1 Å². The Hall–Kier alpha value is -0.910. The molecule has 1 aliphatic heterocycles. The predicted molar refractivity (Wildman–Crippen MR) is 76.6 cm³/mol. The second kappa shape index (κ2) is 6.50. The molecule has 0 saturated carbocycles. The molecule has 0 fully saturated rings. The van der Waals surface area contributed by atoms with E-state index in [9.17, 15) is 8.42 Å². The summed E-state index contributed by atoms with van der Waals surface area (Å²) >= 11 is 0. The van der Waals surface area contributed by atoms with Crippen molar-refractivity contribution in [3.8, 4) is 0 Å². The number of unbranched alkanes of at least 4 members (excludes halogenated alkanes) is 2. The lowest BCUT2D eigenvalue weighted by atomic mass is 10.0. The highest BCUT2D eigenvalue weighted by Crippen LogP contribution is 2.18. The first-order valence-corrected chi connectivity index (χ1v) is 8.44. The van der Waals surface area contributed by atoms with Gasteiger partial charge < -0.3 is 5.32 Å². The highest BCUT2D eigenvalue weighted by atomic mass is 32.2. The molecule has 0 spiro atoms. The monoisotopic (exact) mass is 282 g/mol. The Balaban J connectivity index is 2.07. The molecule has 1 heterocycles. The summed E-state index contributed by atoms with van der Waals surface area (Å²) in [5.74, 6) is 0. The van der Waals surface area contributed by atoms with Gasteiger partial charge in [-0.3, -0.25) is 0 Å². The number of rotatable bonds is 6. The summed E-state index contributed by atoms with van der Waals surface area (Å²) in [7, 11) is -3.35. The van der Waals surface area contributed by atoms with Crippen molar-refractivity contribution in [3.63, 3.8) is 0 Å². The van der Waals surface area contributed by atoms with Crippen molar-refractivity contribution in [3.05, 3.63) is 29.3 Å². The van der Waals surface area contributed by atoms with Gasteiger partial charge in [0.05, 0.1) is 4.90 Å². The molecule has 0 amide bonds. The van der Waals surface area contributed by atoms with Crippen molar-refractivity contribution in [1.82, 2.24) is 10.0 Å². The number of hydrogen-bond acceptors (Lipinski definition) is 3. The molecule has 5 heteroatoms. The summed E-state index contributed by atoms with van der Waals surface area (Å²) in [6.45, 7) is 4.35. The minimum absolute atomic E-state index is 0.381. The average Bonchev–Trinajstić information content (AvgIpc) is 2.43. The molecule has 2 rings (SSSR count). The second-order valence-corrected chi connectivity index (χ2v) is 6.73. The highest BCUT2D eigenvalue weighted by Gasteiger charge is 2.16. The van der Waals surface area contributed by atoms with Crippen molar-refractivity contribution >= 4 is 10.0 Å². The summed E-state index contributed by atoms with van der Waals surface area (Å²) in [4.78, 5) is 0.381. The van der Waals surface area contributed by atoms with Crippen molar-refractivity contribution in [2.45, 2.75) is 44.0 Å². The van der Waals surface area contributed by atoms with Crippen LogP contribution in [0.1, 0.15) is 37.3 Å². The fourth-order valence-corrected chi connectivity index (χ4v) is 3.41. The predicted octanol–water partition coefficient (Wildman–Crippen LogP) is 1.80. The highest BCUT2D eigenvalue weighted by molar-refractivity contribution is 7.89. The fourth-order valence-electron chi connectivity index (χ4n) is 2.29. The fraction of sp³-hybridized carbons (Fsp3) is 0.571. The number of fused-ring (bicyclic) bond motifs is 1. The Kier molecular flexibility index (Phi) is 4.96. The summed E-state index contributed by atoms with van der Waals surface area (Å²) in [5, 5.41) is 3.26. The van der Waals surface area contributed by atoms with Crippen LogP contribution in [0.5, 0.6) is 0 Å². The molecule has 0 unspecified atom stereocenters. The molecule has 0 atom stereocenters. The van der Waals surface area contributed by atoms with E-state index in [0.29, 0.717) is 11.4 Å². The van der Waals surface area contributed by atoms with Crippen molar-refractivity contribution in [1.29, 1.82) is 0 Å². The summed E-state index contributed by atoms with van der Waals surface area (Å²) in [6, 6.07) is 5.45. The Morgan fingerprint density at radius 2 is 2.11 bits per heavy atom. The van der Waals surface area contributed by atoms with Gasteiger partial charge in [0.25, 0.3) is 0 Å². The van der Waals surface area contributed by atoms with E-state index in [2.05, 4.69) is 17.0 Å². The number of benzene rings is 1. The van der Waals surface area contributed by atoms with Gasteiger partial charge in [-0.05, 0) is 42.6 Å². The third-order valence-corrected chi connectivity index (χ3v) is 4.91. The quantitative estimate of drug-likeness (QED) is 0.782. The molecule has 0 saturated heterocycles. The Morgan fingerprint density at radius 3 is 2.89 bits per heavy atom. The molecule has 19 heavy (non-hydrogen) atoms. The topological polar surface area (TPSA) is 58.2 Å². The molecule has 0 bridgehead atoms. The van der Waals surface area contributed by atoms with E-state index >= 15 is 0 Å². The first-order valence-electron chi connectivity index (χ1n) is 6.95. The van der Waals surface area contributed by atoms with E-state index < -0.39 is 10.0 Å². The molecule has 1 aromatic rings. The maximum absolute atomic E-state index is 12.1. The number of sulfonamides is 1. The van der Waals surface area contributed by atoms with E-state index in [0.717, 1.165) is 44.3 Å². The third kappa shape index (κ3) is 3.78. The zero-order valence-electron chi connectivity index (χ0n) is 11.4. The van der Waals surface area contributed by atoms with Crippen LogP contribution in [0.4, 0.5) is 0 Å². The van der Waals surface area contributed by atoms with E-state index in [1.807, 2.05) is 6.07 Å². The van der Waals surface area contributed by atoms with Crippen molar-refractivity contribution in [2.24, 2.45) is 0 Å². The maximum Gasteiger partial charge on any atom is 0.240 e. The van der Waals surface area contributed by atoms with Crippen LogP contribution in [0.15, 0.2) is 23.1 Å². The molecule has 0 aromatic heterocycles. The average molecular weight is 282 g/mol. The molecule has 4 nitrogen and oxygen atoms in total. The van der Waals surface area contributed by atoms with Crippen LogP contribution in [0, 0.1) is 0 Å². The van der Waals surface area contributed by atoms with Gasteiger partial charge in [-0.15, -0.1) is 0 Å². The van der Waals surface area contributed by atoms with Crippen LogP contribution in [-0.4, -0.2) is 21.5 Å². The van der Waals surface area contributed by atoms with Gasteiger partial charge in [0.1, 0.15) is 0 Å². The smallest absolute Gasteiger partial charge is 0.240 e. The van der Waals surface area contributed by atoms with Crippen molar-refractivity contribution in [2.75, 3.05) is 13.1 Å². The van der Waals surface area contributed by atoms with Crippen LogP contribution in [-0.2, 0) is 23.0 Å². The van der Waals surface area contributed by atoms with Crippen LogP contribution < -0.4 is 10.0 Å². The molecule has 0 radical (unpaired) electrons. The SMILES string of the molecule is CCCCCNS(=O)(=O)c1ccc2c(c1)CNCC2. The van der Waals surface area contributed by atoms with Crippen LogP contribution in [0.25, 0.3) is 0 Å². The van der Waals surface area contributed by atoms with Gasteiger partial charge in [0.15, 0.2) is 0 Å². The number of hydrogen-bond donors (Lipinski definition) is 2. The molecule has 1 aromatic carbocycles. The Bertz CT molecular complexity index is 526. The van der Waals surface area contributed by atoms with Gasteiger partial charge in [0, 0.05) is 13.1 Å². The zero-order valence-corrected chi connectivity index (χ0v) is 12.2. The summed E-state index contributed by atoms with van der Waals surface area (Å²) < 4.78 is 27.0. The van der Waals surface area contributed by atoms with Crippen LogP contribution in [0.3, 0.4) is 0 Å². The third-order valence-electron chi connectivity index (χ3n) is 3.45. The Morgan fingerprint density at radius 1 is 1.26 bits per heavy atom. The first-order chi connectivity index (χ1) is 9.13. The lowest BCUT2D eigenvalue weighted by Crippen LogP contribution is -2.27. The van der Waals surface area contributed by atoms with Crippen molar-refractivity contribution < 1.29 is 8.42 Å². The van der Waals surface area contributed by atoms with Crippen LogP contribution in [0.2, 0.25) is 0 Å². The number of nitrogens with one attached hydrogen (secondary N) is 2.